The number of ether oxygens (including phenoxy) is 1. The maximum Gasteiger partial charge on any atom is 0.418 e. The lowest BCUT2D eigenvalue weighted by molar-refractivity contribution is -0.138. The summed E-state index contributed by atoms with van der Waals surface area (Å²) in [7, 11) is 1.46. The smallest absolute Gasteiger partial charge is 0.418 e. The Hall–Kier alpha value is -1.83. The molecule has 0 aliphatic carbocycles. The Bertz CT molecular complexity index is 435. The van der Waals surface area contributed by atoms with Gasteiger partial charge in [-0.05, 0) is 6.07 Å². The molecule has 0 aromatic carbocycles. The van der Waals surface area contributed by atoms with Crippen molar-refractivity contribution in [1.29, 1.82) is 0 Å². The lowest BCUT2D eigenvalue weighted by atomic mass is 10.1. The monoisotopic (exact) mass is 264 g/mol. The first-order chi connectivity index (χ1) is 8.36. The Morgan fingerprint density at radius 1 is 1.56 bits per heavy atom. The van der Waals surface area contributed by atoms with Crippen LogP contribution in [0.3, 0.4) is 0 Å². The second-order valence-corrected chi connectivity index (χ2v) is 3.34. The Kier molecular flexibility index (Phi) is 4.49. The maximum absolute atomic E-state index is 12.5. The molecule has 0 atom stereocenters. The Labute approximate surface area is 101 Å². The number of nitrogens with zero attached hydrogens (tertiary/aromatic N) is 1. The highest BCUT2D eigenvalue weighted by atomic mass is 19.4. The van der Waals surface area contributed by atoms with Crippen LogP contribution < -0.4 is 5.32 Å². The summed E-state index contributed by atoms with van der Waals surface area (Å²) in [5.74, 6) is -1.60. The van der Waals surface area contributed by atoms with E-state index in [0.29, 0.717) is 19.3 Å². The zero-order valence-electron chi connectivity index (χ0n) is 9.41. The van der Waals surface area contributed by atoms with Crippen LogP contribution in [0.2, 0.25) is 0 Å². The minimum absolute atomic E-state index is 0.0532. The number of alkyl halides is 3. The molecule has 1 aromatic rings. The van der Waals surface area contributed by atoms with Crippen molar-refractivity contribution in [1.82, 2.24) is 4.98 Å². The van der Waals surface area contributed by atoms with E-state index in [4.69, 9.17) is 9.84 Å². The van der Waals surface area contributed by atoms with Crippen molar-refractivity contribution < 1.29 is 27.8 Å². The van der Waals surface area contributed by atoms with Crippen molar-refractivity contribution in [2.24, 2.45) is 0 Å². The third kappa shape index (κ3) is 3.59. The first kappa shape index (κ1) is 14.2. The van der Waals surface area contributed by atoms with Crippen molar-refractivity contribution in [3.63, 3.8) is 0 Å². The molecule has 5 nitrogen and oxygen atoms in total. The average molecular weight is 264 g/mol. The van der Waals surface area contributed by atoms with Gasteiger partial charge in [0.2, 0.25) is 0 Å². The van der Waals surface area contributed by atoms with Gasteiger partial charge in [0, 0.05) is 19.9 Å². The highest BCUT2D eigenvalue weighted by Crippen LogP contribution is 2.32. The Balaban J connectivity index is 3.01. The van der Waals surface area contributed by atoms with Gasteiger partial charge in [0.25, 0.3) is 0 Å². The van der Waals surface area contributed by atoms with Crippen LogP contribution in [0.1, 0.15) is 15.9 Å². The van der Waals surface area contributed by atoms with Gasteiger partial charge in [0.15, 0.2) is 0 Å². The van der Waals surface area contributed by atoms with Gasteiger partial charge in [0.05, 0.1) is 17.7 Å². The van der Waals surface area contributed by atoms with Gasteiger partial charge in [-0.25, -0.2) is 9.78 Å². The number of rotatable bonds is 5. The zero-order valence-corrected chi connectivity index (χ0v) is 9.41. The fraction of sp³-hybridized carbons (Fsp3) is 0.400. The third-order valence-electron chi connectivity index (χ3n) is 2.05. The van der Waals surface area contributed by atoms with E-state index < -0.39 is 23.3 Å². The SMILES string of the molecule is COCCNc1cc(C(=O)O)c(C(F)(F)F)cn1. The Morgan fingerprint density at radius 2 is 2.22 bits per heavy atom. The number of carboxylic acid groups (broad SMARTS) is 1. The van der Waals surface area contributed by atoms with Gasteiger partial charge in [-0.1, -0.05) is 0 Å². The van der Waals surface area contributed by atoms with E-state index in [9.17, 15) is 18.0 Å². The van der Waals surface area contributed by atoms with Crippen LogP contribution >= 0.6 is 0 Å². The molecule has 0 amide bonds. The lowest BCUT2D eigenvalue weighted by Crippen LogP contribution is -2.15. The molecule has 0 bridgehead atoms. The van der Waals surface area contributed by atoms with E-state index >= 15 is 0 Å². The molecule has 100 valence electrons. The summed E-state index contributed by atoms with van der Waals surface area (Å²) < 4.78 is 42.2. The summed E-state index contributed by atoms with van der Waals surface area (Å²) in [6.45, 7) is 0.638. The molecule has 1 heterocycles. The minimum atomic E-state index is -4.74. The van der Waals surface area contributed by atoms with Crippen molar-refractivity contribution in [3.8, 4) is 0 Å². The average Bonchev–Trinajstić information content (AvgIpc) is 2.27. The van der Waals surface area contributed by atoms with E-state index in [-0.39, 0.29) is 5.82 Å². The highest BCUT2D eigenvalue weighted by Gasteiger charge is 2.36. The molecule has 0 saturated heterocycles. The van der Waals surface area contributed by atoms with Crippen molar-refractivity contribution >= 4 is 11.8 Å². The quantitative estimate of drug-likeness (QED) is 0.794. The van der Waals surface area contributed by atoms with Crippen LogP contribution in [-0.2, 0) is 10.9 Å². The fourth-order valence-electron chi connectivity index (χ4n) is 1.24. The number of hydrogen-bond donors (Lipinski definition) is 2. The van der Waals surface area contributed by atoms with Crippen LogP contribution in [0, 0.1) is 0 Å². The van der Waals surface area contributed by atoms with Gasteiger partial charge < -0.3 is 15.2 Å². The minimum Gasteiger partial charge on any atom is -0.478 e. The van der Waals surface area contributed by atoms with Gasteiger partial charge in [-0.2, -0.15) is 13.2 Å². The number of anilines is 1. The first-order valence-electron chi connectivity index (χ1n) is 4.89. The number of aromatic carboxylic acids is 1. The van der Waals surface area contributed by atoms with Crippen LogP contribution in [0.4, 0.5) is 19.0 Å². The molecule has 0 spiro atoms. The molecule has 2 N–H and O–H groups in total. The summed E-state index contributed by atoms with van der Waals surface area (Å²) in [4.78, 5) is 14.3. The number of nitrogens with one attached hydrogen (secondary N) is 1. The predicted octanol–water partition coefficient (Wildman–Crippen LogP) is 1.86. The van der Waals surface area contributed by atoms with Crippen molar-refractivity contribution in [3.05, 3.63) is 23.4 Å². The predicted molar refractivity (Wildman–Crippen MR) is 56.6 cm³/mol. The summed E-state index contributed by atoms with van der Waals surface area (Å²) in [5.41, 5.74) is -2.11. The zero-order chi connectivity index (χ0) is 13.8. The van der Waals surface area contributed by atoms with E-state index in [1.165, 1.54) is 7.11 Å². The first-order valence-corrected chi connectivity index (χ1v) is 4.89. The number of carbonyl (C=O) groups is 1. The summed E-state index contributed by atoms with van der Waals surface area (Å²) in [5, 5.41) is 11.4. The van der Waals surface area contributed by atoms with Crippen molar-refractivity contribution in [2.75, 3.05) is 25.6 Å². The number of aromatic nitrogens is 1. The molecular formula is C10H11F3N2O3. The van der Waals surface area contributed by atoms with Gasteiger partial charge in [-0.15, -0.1) is 0 Å². The number of methoxy groups -OCH3 is 1. The molecule has 0 fully saturated rings. The molecule has 0 saturated carbocycles. The van der Waals surface area contributed by atoms with Gasteiger partial charge in [0.1, 0.15) is 5.82 Å². The van der Waals surface area contributed by atoms with E-state index in [2.05, 4.69) is 10.3 Å². The van der Waals surface area contributed by atoms with Gasteiger partial charge in [-0.3, -0.25) is 0 Å². The normalized spacial score (nSPS) is 11.3. The third-order valence-corrected chi connectivity index (χ3v) is 2.05. The van der Waals surface area contributed by atoms with Gasteiger partial charge >= 0.3 is 12.1 Å². The molecule has 0 aliphatic heterocycles. The maximum atomic E-state index is 12.5. The molecule has 0 unspecified atom stereocenters. The molecule has 18 heavy (non-hydrogen) atoms. The van der Waals surface area contributed by atoms with E-state index in [0.717, 1.165) is 6.07 Å². The van der Waals surface area contributed by atoms with Crippen LogP contribution in [0.15, 0.2) is 12.3 Å². The summed E-state index contributed by atoms with van der Waals surface area (Å²) in [6, 6.07) is 0.848. The molecule has 0 radical (unpaired) electrons. The van der Waals surface area contributed by atoms with Crippen LogP contribution in [0.25, 0.3) is 0 Å². The molecular weight excluding hydrogens is 253 g/mol. The van der Waals surface area contributed by atoms with E-state index in [1.54, 1.807) is 0 Å². The summed E-state index contributed by atoms with van der Waals surface area (Å²) in [6.07, 6.45) is -4.25. The summed E-state index contributed by atoms with van der Waals surface area (Å²) >= 11 is 0. The lowest BCUT2D eigenvalue weighted by Gasteiger charge is -2.11. The van der Waals surface area contributed by atoms with E-state index in [1.807, 2.05) is 0 Å². The van der Waals surface area contributed by atoms with Crippen molar-refractivity contribution in [2.45, 2.75) is 6.18 Å². The van der Waals surface area contributed by atoms with Crippen LogP contribution in [0.5, 0.6) is 0 Å². The Morgan fingerprint density at radius 3 is 2.72 bits per heavy atom. The molecule has 0 aliphatic rings. The highest BCUT2D eigenvalue weighted by molar-refractivity contribution is 5.90. The molecule has 1 aromatic heterocycles. The number of hydrogen-bond acceptors (Lipinski definition) is 4. The standard InChI is InChI=1S/C10H11F3N2O3/c1-18-3-2-14-8-4-6(9(16)17)7(5-15-8)10(11,12)13/h4-5H,2-3H2,1H3,(H,14,15)(H,16,17). The molecule has 1 rings (SSSR count). The fourth-order valence-corrected chi connectivity index (χ4v) is 1.24. The topological polar surface area (TPSA) is 71.5 Å². The number of halogens is 3. The molecule has 8 heteroatoms. The largest absolute Gasteiger partial charge is 0.478 e. The number of pyridine rings is 1. The number of carboxylic acids is 1. The van der Waals surface area contributed by atoms with Crippen LogP contribution in [-0.4, -0.2) is 36.3 Å². The second-order valence-electron chi connectivity index (χ2n) is 3.34. The second kappa shape index (κ2) is 5.67.